The van der Waals surface area contributed by atoms with E-state index in [2.05, 4.69) is 0 Å². The molecule has 0 saturated heterocycles. The van der Waals surface area contributed by atoms with Crippen LogP contribution in [0.25, 0.3) is 0 Å². The number of halogens is 1. The number of hydrogen-bond acceptors (Lipinski definition) is 4. The van der Waals surface area contributed by atoms with Crippen LogP contribution in [-0.4, -0.2) is 21.8 Å². The van der Waals surface area contributed by atoms with E-state index in [9.17, 15) is 12.8 Å². The van der Waals surface area contributed by atoms with Crippen LogP contribution in [0, 0.1) is 5.82 Å². The molecule has 2 rings (SSSR count). The molecule has 0 aliphatic heterocycles. The molecule has 6 heteroatoms. The molecule has 1 aromatic rings. The van der Waals surface area contributed by atoms with Gasteiger partial charge in [0.1, 0.15) is 16.5 Å². The average molecular weight is 259 g/mol. The van der Waals surface area contributed by atoms with Crippen molar-refractivity contribution in [1.29, 1.82) is 0 Å². The molecular formula is C11H14FNO3S. The monoisotopic (exact) mass is 259 g/mol. The first-order chi connectivity index (χ1) is 7.78. The van der Waals surface area contributed by atoms with Gasteiger partial charge in [-0.3, -0.25) is 0 Å². The molecule has 0 aromatic heterocycles. The quantitative estimate of drug-likeness (QED) is 0.885. The summed E-state index contributed by atoms with van der Waals surface area (Å²) in [7, 11) is -2.19. The van der Waals surface area contributed by atoms with Crippen molar-refractivity contribution >= 4 is 9.84 Å². The SMILES string of the molecule is COc1c(C2(N)CC2)cc(F)cc1S(C)(=O)=O. The van der Waals surface area contributed by atoms with Crippen molar-refractivity contribution in [2.45, 2.75) is 23.3 Å². The van der Waals surface area contributed by atoms with Gasteiger partial charge in [0.05, 0.1) is 7.11 Å². The molecule has 0 spiro atoms. The summed E-state index contributed by atoms with van der Waals surface area (Å²) in [6.45, 7) is 0. The highest BCUT2D eigenvalue weighted by Gasteiger charge is 2.43. The lowest BCUT2D eigenvalue weighted by atomic mass is 10.0. The minimum Gasteiger partial charge on any atom is -0.495 e. The minimum atomic E-state index is -3.54. The number of hydrogen-bond donors (Lipinski definition) is 1. The average Bonchev–Trinajstić information content (AvgIpc) is 2.95. The molecule has 2 N–H and O–H groups in total. The Morgan fingerprint density at radius 1 is 1.41 bits per heavy atom. The number of methoxy groups -OCH3 is 1. The largest absolute Gasteiger partial charge is 0.495 e. The van der Waals surface area contributed by atoms with Crippen LogP contribution in [0.15, 0.2) is 17.0 Å². The summed E-state index contributed by atoms with van der Waals surface area (Å²) in [6.07, 6.45) is 2.43. The Morgan fingerprint density at radius 3 is 2.41 bits per heavy atom. The van der Waals surface area contributed by atoms with Gasteiger partial charge in [-0.1, -0.05) is 0 Å². The van der Waals surface area contributed by atoms with Gasteiger partial charge in [-0.25, -0.2) is 12.8 Å². The maximum atomic E-state index is 13.5. The van der Waals surface area contributed by atoms with E-state index >= 15 is 0 Å². The molecule has 94 valence electrons. The Bertz CT molecular complexity index is 564. The van der Waals surface area contributed by atoms with E-state index in [0.29, 0.717) is 18.4 Å². The lowest BCUT2D eigenvalue weighted by Gasteiger charge is -2.17. The van der Waals surface area contributed by atoms with Gasteiger partial charge in [-0.2, -0.15) is 0 Å². The molecule has 1 aromatic carbocycles. The molecule has 1 saturated carbocycles. The molecule has 4 nitrogen and oxygen atoms in total. The van der Waals surface area contributed by atoms with Crippen LogP contribution in [0.5, 0.6) is 5.75 Å². The lowest BCUT2D eigenvalue weighted by Crippen LogP contribution is -2.21. The molecule has 1 aliphatic carbocycles. The molecule has 0 radical (unpaired) electrons. The maximum Gasteiger partial charge on any atom is 0.179 e. The van der Waals surface area contributed by atoms with Gasteiger partial charge < -0.3 is 10.5 Å². The normalized spacial score (nSPS) is 17.9. The van der Waals surface area contributed by atoms with E-state index in [-0.39, 0.29) is 10.6 Å². The van der Waals surface area contributed by atoms with E-state index in [1.54, 1.807) is 0 Å². The van der Waals surface area contributed by atoms with Crippen molar-refractivity contribution in [3.05, 3.63) is 23.5 Å². The zero-order valence-corrected chi connectivity index (χ0v) is 10.5. The topological polar surface area (TPSA) is 69.4 Å². The zero-order valence-electron chi connectivity index (χ0n) is 9.66. The minimum absolute atomic E-state index is 0.147. The third kappa shape index (κ3) is 2.14. The molecule has 0 heterocycles. The standard InChI is InChI=1S/C11H14FNO3S/c1-16-10-8(11(13)3-4-11)5-7(12)6-9(10)17(2,14)15/h5-6H,3-4,13H2,1-2H3. The summed E-state index contributed by atoms with van der Waals surface area (Å²) in [5, 5.41) is 0. The van der Waals surface area contributed by atoms with E-state index in [1.807, 2.05) is 0 Å². The third-order valence-corrected chi connectivity index (χ3v) is 4.05. The van der Waals surface area contributed by atoms with Gasteiger partial charge in [0.15, 0.2) is 9.84 Å². The molecule has 17 heavy (non-hydrogen) atoms. The van der Waals surface area contributed by atoms with Crippen LogP contribution in [0.4, 0.5) is 4.39 Å². The Morgan fingerprint density at radius 2 is 2.00 bits per heavy atom. The summed E-state index contributed by atoms with van der Waals surface area (Å²) in [4.78, 5) is -0.147. The number of benzene rings is 1. The Balaban J connectivity index is 2.73. The van der Waals surface area contributed by atoms with Crippen LogP contribution in [0.1, 0.15) is 18.4 Å². The van der Waals surface area contributed by atoms with Crippen molar-refractivity contribution in [3.8, 4) is 5.75 Å². The third-order valence-electron chi connectivity index (χ3n) is 2.95. The second-order valence-electron chi connectivity index (χ2n) is 4.41. The zero-order chi connectivity index (χ0) is 12.8. The van der Waals surface area contributed by atoms with E-state index in [4.69, 9.17) is 10.5 Å². The van der Waals surface area contributed by atoms with Gasteiger partial charge in [-0.05, 0) is 25.0 Å². The Labute approximate surface area is 99.5 Å². The number of sulfone groups is 1. The van der Waals surface area contributed by atoms with Crippen LogP contribution in [-0.2, 0) is 15.4 Å². The van der Waals surface area contributed by atoms with Crippen LogP contribution in [0.2, 0.25) is 0 Å². The summed E-state index contributed by atoms with van der Waals surface area (Å²) in [5.74, 6) is -0.452. The summed E-state index contributed by atoms with van der Waals surface area (Å²) >= 11 is 0. The maximum absolute atomic E-state index is 13.5. The molecule has 0 bridgehead atoms. The van der Waals surface area contributed by atoms with Gasteiger partial charge in [0.25, 0.3) is 0 Å². The highest BCUT2D eigenvalue weighted by Crippen LogP contribution is 2.48. The Kier molecular flexibility index (Phi) is 2.67. The first kappa shape index (κ1) is 12.3. The molecule has 1 fully saturated rings. The molecule has 1 aliphatic rings. The van der Waals surface area contributed by atoms with Gasteiger partial charge in [0, 0.05) is 17.4 Å². The van der Waals surface area contributed by atoms with Gasteiger partial charge in [0.2, 0.25) is 0 Å². The second kappa shape index (κ2) is 3.68. The van der Waals surface area contributed by atoms with E-state index in [0.717, 1.165) is 12.3 Å². The number of nitrogens with two attached hydrogens (primary N) is 1. The van der Waals surface area contributed by atoms with Crippen LogP contribution >= 0.6 is 0 Å². The van der Waals surface area contributed by atoms with Crippen molar-refractivity contribution < 1.29 is 17.5 Å². The van der Waals surface area contributed by atoms with E-state index < -0.39 is 21.2 Å². The number of ether oxygens (including phenoxy) is 1. The summed E-state index contributed by atoms with van der Waals surface area (Å²) < 4.78 is 41.7. The van der Waals surface area contributed by atoms with Crippen molar-refractivity contribution in [2.75, 3.05) is 13.4 Å². The fraction of sp³-hybridized carbons (Fsp3) is 0.455. The highest BCUT2D eigenvalue weighted by molar-refractivity contribution is 7.90. The van der Waals surface area contributed by atoms with Gasteiger partial charge in [-0.15, -0.1) is 0 Å². The summed E-state index contributed by atoms with van der Waals surface area (Å²) in [6, 6.07) is 2.21. The molecule has 0 amide bonds. The second-order valence-corrected chi connectivity index (χ2v) is 6.40. The van der Waals surface area contributed by atoms with Gasteiger partial charge >= 0.3 is 0 Å². The van der Waals surface area contributed by atoms with Crippen LogP contribution in [0.3, 0.4) is 0 Å². The predicted octanol–water partition coefficient (Wildman–Crippen LogP) is 1.19. The smallest absolute Gasteiger partial charge is 0.179 e. The van der Waals surface area contributed by atoms with Crippen molar-refractivity contribution in [1.82, 2.24) is 0 Å². The van der Waals surface area contributed by atoms with E-state index in [1.165, 1.54) is 13.2 Å². The number of rotatable bonds is 3. The lowest BCUT2D eigenvalue weighted by molar-refractivity contribution is 0.390. The molecule has 0 unspecified atom stereocenters. The fourth-order valence-corrected chi connectivity index (χ4v) is 2.69. The first-order valence-corrected chi connectivity index (χ1v) is 7.04. The molecule has 0 atom stereocenters. The van der Waals surface area contributed by atoms with Crippen molar-refractivity contribution in [2.24, 2.45) is 5.73 Å². The van der Waals surface area contributed by atoms with Crippen LogP contribution < -0.4 is 10.5 Å². The molecular weight excluding hydrogens is 245 g/mol. The highest BCUT2D eigenvalue weighted by atomic mass is 32.2. The predicted molar refractivity (Wildman–Crippen MR) is 61.2 cm³/mol. The fourth-order valence-electron chi connectivity index (χ4n) is 1.83. The first-order valence-electron chi connectivity index (χ1n) is 5.15. The Hall–Kier alpha value is -1.14. The summed E-state index contributed by atoms with van der Waals surface area (Å²) in [5.41, 5.74) is 5.77. The van der Waals surface area contributed by atoms with Crippen molar-refractivity contribution in [3.63, 3.8) is 0 Å².